The molecular formula is C10H20N4O3. The molecule has 0 aromatic rings. The first-order chi connectivity index (χ1) is 8.00. The van der Waals surface area contributed by atoms with Gasteiger partial charge < -0.3 is 21.4 Å². The van der Waals surface area contributed by atoms with Crippen LogP contribution in [-0.2, 0) is 9.59 Å². The Morgan fingerprint density at radius 2 is 2.24 bits per heavy atom. The van der Waals surface area contributed by atoms with Crippen LogP contribution >= 0.6 is 0 Å². The molecule has 0 spiro atoms. The Kier molecular flexibility index (Phi) is 5.33. The first-order valence-electron chi connectivity index (χ1n) is 5.85. The lowest BCUT2D eigenvalue weighted by Gasteiger charge is -2.28. The number of carbonyl (C=O) groups excluding carboxylic acids is 2. The lowest BCUT2D eigenvalue weighted by atomic mass is 10.0. The van der Waals surface area contributed by atoms with E-state index in [9.17, 15) is 14.7 Å². The molecule has 0 aliphatic carbocycles. The summed E-state index contributed by atoms with van der Waals surface area (Å²) < 4.78 is 0. The molecule has 0 aromatic heterocycles. The number of amides is 1. The van der Waals surface area contributed by atoms with E-state index in [1.54, 1.807) is 0 Å². The monoisotopic (exact) mass is 244 g/mol. The first kappa shape index (κ1) is 13.9. The van der Waals surface area contributed by atoms with E-state index in [4.69, 9.17) is 11.5 Å². The fourth-order valence-corrected chi connectivity index (χ4v) is 1.92. The summed E-state index contributed by atoms with van der Waals surface area (Å²) in [5, 5.41) is 11.5. The van der Waals surface area contributed by atoms with Gasteiger partial charge in [-0.05, 0) is 6.42 Å². The summed E-state index contributed by atoms with van der Waals surface area (Å²) in [5.74, 6) is -1.57. The van der Waals surface area contributed by atoms with Crippen LogP contribution in [0.3, 0.4) is 0 Å². The van der Waals surface area contributed by atoms with Crippen molar-refractivity contribution in [3.63, 3.8) is 0 Å². The second kappa shape index (κ2) is 6.53. The molecule has 1 amide bonds. The minimum absolute atomic E-state index is 0.0933. The molecule has 1 aliphatic rings. The van der Waals surface area contributed by atoms with Crippen molar-refractivity contribution in [2.24, 2.45) is 17.4 Å². The van der Waals surface area contributed by atoms with Crippen LogP contribution in [0.5, 0.6) is 0 Å². The van der Waals surface area contributed by atoms with Gasteiger partial charge in [0.25, 0.3) is 0 Å². The number of carboxylic acid groups (broad SMARTS) is 1. The van der Waals surface area contributed by atoms with E-state index >= 15 is 0 Å². The van der Waals surface area contributed by atoms with E-state index in [1.165, 1.54) is 0 Å². The molecule has 7 heteroatoms. The highest BCUT2D eigenvalue weighted by Gasteiger charge is 2.25. The van der Waals surface area contributed by atoms with Crippen LogP contribution in [0.15, 0.2) is 0 Å². The number of nitrogens with two attached hydrogens (primary N) is 2. The summed E-state index contributed by atoms with van der Waals surface area (Å²) >= 11 is 0. The van der Waals surface area contributed by atoms with Crippen LogP contribution in [0.2, 0.25) is 0 Å². The zero-order valence-corrected chi connectivity index (χ0v) is 9.78. The van der Waals surface area contributed by atoms with Crippen molar-refractivity contribution in [3.05, 3.63) is 0 Å². The van der Waals surface area contributed by atoms with Crippen molar-refractivity contribution in [1.82, 2.24) is 5.43 Å². The zero-order chi connectivity index (χ0) is 12.8. The molecule has 98 valence electrons. The molecule has 3 unspecified atom stereocenters. The largest absolute Gasteiger partial charge is 0.548 e. The molecule has 0 aromatic carbocycles. The van der Waals surface area contributed by atoms with E-state index in [-0.39, 0.29) is 11.8 Å². The number of quaternary nitrogens is 1. The van der Waals surface area contributed by atoms with Crippen molar-refractivity contribution in [1.29, 1.82) is 0 Å². The van der Waals surface area contributed by atoms with Crippen LogP contribution in [-0.4, -0.2) is 37.6 Å². The molecule has 0 radical (unpaired) electrons. The average molecular weight is 244 g/mol. The SMILES string of the molecule is NC(=O)C1CC[NH+](CCCC(N)C(=O)[O-])NC1. The van der Waals surface area contributed by atoms with Gasteiger partial charge in [-0.1, -0.05) is 0 Å². The summed E-state index contributed by atoms with van der Waals surface area (Å²) in [6, 6.07) is -0.891. The maximum atomic E-state index is 10.9. The van der Waals surface area contributed by atoms with Crippen molar-refractivity contribution in [2.45, 2.75) is 25.3 Å². The van der Waals surface area contributed by atoms with Gasteiger partial charge in [-0.3, -0.25) is 9.80 Å². The van der Waals surface area contributed by atoms with E-state index in [1.807, 2.05) is 0 Å². The number of aliphatic carboxylic acids is 1. The van der Waals surface area contributed by atoms with Crippen molar-refractivity contribution >= 4 is 11.9 Å². The Morgan fingerprint density at radius 3 is 2.71 bits per heavy atom. The number of carbonyl (C=O) groups is 2. The highest BCUT2D eigenvalue weighted by molar-refractivity contribution is 5.76. The third kappa shape index (κ3) is 4.68. The van der Waals surface area contributed by atoms with Gasteiger partial charge in [-0.15, -0.1) is 0 Å². The number of nitrogens with one attached hydrogen (secondary N) is 2. The molecule has 1 heterocycles. The molecule has 0 bridgehead atoms. The van der Waals surface area contributed by atoms with E-state index in [0.717, 1.165) is 24.5 Å². The van der Waals surface area contributed by atoms with Gasteiger partial charge in [0.05, 0.1) is 31.5 Å². The minimum atomic E-state index is -1.21. The molecule has 0 saturated carbocycles. The second-order valence-electron chi connectivity index (χ2n) is 4.44. The Labute approximate surface area is 100 Å². The standard InChI is InChI=1S/C10H20N4O3/c11-8(10(16)17)2-1-4-14-5-3-7(6-13-14)9(12)15/h7-8,13H,1-6,11H2,(H2,12,15)(H,16,17). The summed E-state index contributed by atoms with van der Waals surface area (Å²) in [5.41, 5.74) is 13.7. The molecule has 1 rings (SSSR count). The lowest BCUT2D eigenvalue weighted by Crippen LogP contribution is -3.20. The van der Waals surface area contributed by atoms with Gasteiger partial charge in [-0.2, -0.15) is 5.43 Å². The van der Waals surface area contributed by atoms with Gasteiger partial charge >= 0.3 is 0 Å². The van der Waals surface area contributed by atoms with Crippen molar-refractivity contribution in [2.75, 3.05) is 19.6 Å². The highest BCUT2D eigenvalue weighted by Crippen LogP contribution is 2.00. The number of primary amides is 1. The summed E-state index contributed by atoms with van der Waals surface area (Å²) in [6.45, 7) is 2.18. The maximum absolute atomic E-state index is 10.9. The summed E-state index contributed by atoms with van der Waals surface area (Å²) in [7, 11) is 0. The fraction of sp³-hybridized carbons (Fsp3) is 0.800. The Hall–Kier alpha value is -1.18. The molecular weight excluding hydrogens is 224 g/mol. The van der Waals surface area contributed by atoms with Crippen LogP contribution in [0, 0.1) is 5.92 Å². The predicted molar refractivity (Wildman–Crippen MR) is 58.2 cm³/mol. The number of hydrogen-bond donors (Lipinski definition) is 4. The smallest absolute Gasteiger partial charge is 0.222 e. The van der Waals surface area contributed by atoms with Crippen LogP contribution in [0.25, 0.3) is 0 Å². The van der Waals surface area contributed by atoms with E-state index in [2.05, 4.69) is 5.43 Å². The Bertz CT molecular complexity index is 277. The molecule has 1 saturated heterocycles. The first-order valence-corrected chi connectivity index (χ1v) is 5.85. The quantitative estimate of drug-likeness (QED) is 0.376. The third-order valence-corrected chi connectivity index (χ3v) is 3.09. The molecule has 7 nitrogen and oxygen atoms in total. The summed E-state index contributed by atoms with van der Waals surface area (Å²) in [4.78, 5) is 21.3. The lowest BCUT2D eigenvalue weighted by molar-refractivity contribution is -0.950. The number of rotatable bonds is 6. The zero-order valence-electron chi connectivity index (χ0n) is 9.78. The van der Waals surface area contributed by atoms with Crippen LogP contribution in [0.1, 0.15) is 19.3 Å². The summed E-state index contributed by atoms with van der Waals surface area (Å²) in [6.07, 6.45) is 1.88. The number of carboxylic acids is 1. The van der Waals surface area contributed by atoms with Gasteiger partial charge in [0, 0.05) is 18.9 Å². The fourth-order valence-electron chi connectivity index (χ4n) is 1.92. The predicted octanol–water partition coefficient (Wildman–Crippen LogP) is -4.26. The molecule has 17 heavy (non-hydrogen) atoms. The van der Waals surface area contributed by atoms with Gasteiger partial charge in [0.2, 0.25) is 5.91 Å². The van der Waals surface area contributed by atoms with Gasteiger partial charge in [0.1, 0.15) is 0 Å². The van der Waals surface area contributed by atoms with Gasteiger partial charge in [0.15, 0.2) is 0 Å². The minimum Gasteiger partial charge on any atom is -0.548 e. The number of hydrogen-bond acceptors (Lipinski definition) is 5. The maximum Gasteiger partial charge on any atom is 0.222 e. The van der Waals surface area contributed by atoms with Crippen molar-refractivity contribution in [3.8, 4) is 0 Å². The van der Waals surface area contributed by atoms with E-state index in [0.29, 0.717) is 19.4 Å². The highest BCUT2D eigenvalue weighted by atomic mass is 16.4. The molecule has 1 fully saturated rings. The molecule has 3 atom stereocenters. The van der Waals surface area contributed by atoms with Crippen LogP contribution in [0.4, 0.5) is 0 Å². The second-order valence-corrected chi connectivity index (χ2v) is 4.44. The topological polar surface area (TPSA) is 126 Å². The average Bonchev–Trinajstić information content (AvgIpc) is 2.29. The molecule has 1 aliphatic heterocycles. The Morgan fingerprint density at radius 1 is 1.53 bits per heavy atom. The van der Waals surface area contributed by atoms with E-state index < -0.39 is 12.0 Å². The Balaban J connectivity index is 2.14. The van der Waals surface area contributed by atoms with Crippen LogP contribution < -0.4 is 27.0 Å². The van der Waals surface area contributed by atoms with Gasteiger partial charge in [-0.25, -0.2) is 0 Å². The third-order valence-electron chi connectivity index (χ3n) is 3.09. The molecule has 6 N–H and O–H groups in total. The van der Waals surface area contributed by atoms with Crippen molar-refractivity contribution < 1.29 is 19.7 Å². The normalized spacial score (nSPS) is 26.4.